The van der Waals surface area contributed by atoms with Crippen molar-refractivity contribution in [1.82, 2.24) is 14.4 Å². The number of carbonyl (C=O) groups excluding carboxylic acids is 2. The zero-order valence-corrected chi connectivity index (χ0v) is 16.6. The summed E-state index contributed by atoms with van der Waals surface area (Å²) in [5, 5.41) is 1.26. The van der Waals surface area contributed by atoms with Crippen LogP contribution in [-0.4, -0.2) is 52.4 Å². The summed E-state index contributed by atoms with van der Waals surface area (Å²) < 4.78 is 15.3. The molecule has 2 heterocycles. The third-order valence-corrected chi connectivity index (χ3v) is 5.64. The highest BCUT2D eigenvalue weighted by Gasteiger charge is 2.26. The lowest BCUT2D eigenvalue weighted by molar-refractivity contribution is -0.132. The molecule has 0 N–H and O–H groups in total. The van der Waals surface area contributed by atoms with E-state index in [-0.39, 0.29) is 22.4 Å². The molecule has 4 rings (SSSR count). The van der Waals surface area contributed by atoms with E-state index < -0.39 is 5.82 Å². The van der Waals surface area contributed by atoms with Gasteiger partial charge in [-0.1, -0.05) is 29.8 Å². The van der Waals surface area contributed by atoms with Crippen molar-refractivity contribution in [2.75, 3.05) is 26.2 Å². The lowest BCUT2D eigenvalue weighted by Crippen LogP contribution is -2.50. The molecule has 1 fully saturated rings. The van der Waals surface area contributed by atoms with Crippen LogP contribution in [0.25, 0.3) is 10.9 Å². The Balaban J connectivity index is 1.32. The second kappa shape index (κ2) is 8.25. The minimum Gasteiger partial charge on any atom is -0.347 e. The lowest BCUT2D eigenvalue weighted by atomic mass is 10.1. The SMILES string of the molecule is O=C(CCn1ccc2ccccc21)N1CCN(C(=O)c2ccc(F)cc2Cl)CC1. The normalized spacial score (nSPS) is 14.4. The first-order valence-electron chi connectivity index (χ1n) is 9.59. The first-order valence-corrected chi connectivity index (χ1v) is 9.97. The number of aryl methyl sites for hydroxylation is 1. The number of rotatable bonds is 4. The Hall–Kier alpha value is -2.86. The van der Waals surface area contributed by atoms with Gasteiger partial charge in [-0.15, -0.1) is 0 Å². The number of hydrogen-bond acceptors (Lipinski definition) is 2. The van der Waals surface area contributed by atoms with Crippen LogP contribution in [0.5, 0.6) is 0 Å². The predicted octanol–water partition coefficient (Wildman–Crippen LogP) is 3.81. The van der Waals surface area contributed by atoms with E-state index in [1.165, 1.54) is 12.1 Å². The summed E-state index contributed by atoms with van der Waals surface area (Å²) in [6, 6.07) is 13.9. The monoisotopic (exact) mass is 413 g/mol. The van der Waals surface area contributed by atoms with Gasteiger partial charge in [-0.2, -0.15) is 0 Å². The van der Waals surface area contributed by atoms with Crippen molar-refractivity contribution in [1.29, 1.82) is 0 Å². The molecule has 0 aliphatic carbocycles. The lowest BCUT2D eigenvalue weighted by Gasteiger charge is -2.35. The molecule has 0 spiro atoms. The number of hydrogen-bond donors (Lipinski definition) is 0. The van der Waals surface area contributed by atoms with E-state index in [9.17, 15) is 14.0 Å². The number of halogens is 2. The Labute approximate surface area is 173 Å². The van der Waals surface area contributed by atoms with Crippen LogP contribution >= 0.6 is 11.6 Å². The van der Waals surface area contributed by atoms with Crippen LogP contribution in [-0.2, 0) is 11.3 Å². The molecule has 1 aliphatic heterocycles. The molecule has 1 saturated heterocycles. The van der Waals surface area contributed by atoms with Crippen molar-refractivity contribution in [3.05, 3.63) is 71.1 Å². The fraction of sp³-hybridized carbons (Fsp3) is 0.273. The molecule has 0 bridgehead atoms. The molecule has 29 heavy (non-hydrogen) atoms. The first kappa shape index (κ1) is 19.5. The average molecular weight is 414 g/mol. The van der Waals surface area contributed by atoms with Crippen molar-refractivity contribution in [3.63, 3.8) is 0 Å². The molecule has 150 valence electrons. The zero-order valence-electron chi connectivity index (χ0n) is 15.9. The molecule has 0 radical (unpaired) electrons. The van der Waals surface area contributed by atoms with Crippen LogP contribution in [0, 0.1) is 5.82 Å². The van der Waals surface area contributed by atoms with E-state index in [0.29, 0.717) is 39.1 Å². The van der Waals surface area contributed by atoms with Crippen LogP contribution < -0.4 is 0 Å². The van der Waals surface area contributed by atoms with E-state index in [4.69, 9.17) is 11.6 Å². The maximum Gasteiger partial charge on any atom is 0.255 e. The van der Waals surface area contributed by atoms with Gasteiger partial charge in [-0.05, 0) is 35.7 Å². The molecule has 0 atom stereocenters. The smallest absolute Gasteiger partial charge is 0.255 e. The van der Waals surface area contributed by atoms with Crippen molar-refractivity contribution in [2.45, 2.75) is 13.0 Å². The molecule has 2 aromatic carbocycles. The Kier molecular flexibility index (Phi) is 5.53. The minimum atomic E-state index is -0.475. The maximum atomic E-state index is 13.2. The second-order valence-electron chi connectivity index (χ2n) is 7.12. The number of amides is 2. The van der Waals surface area contributed by atoms with Crippen molar-refractivity contribution < 1.29 is 14.0 Å². The van der Waals surface area contributed by atoms with Gasteiger partial charge in [0.05, 0.1) is 10.6 Å². The van der Waals surface area contributed by atoms with E-state index >= 15 is 0 Å². The number of aromatic nitrogens is 1. The predicted molar refractivity (Wildman–Crippen MR) is 110 cm³/mol. The quantitative estimate of drug-likeness (QED) is 0.653. The van der Waals surface area contributed by atoms with Crippen LogP contribution in [0.3, 0.4) is 0 Å². The second-order valence-corrected chi connectivity index (χ2v) is 7.52. The van der Waals surface area contributed by atoms with Crippen molar-refractivity contribution >= 4 is 34.3 Å². The average Bonchev–Trinajstić information content (AvgIpc) is 3.15. The summed E-state index contributed by atoms with van der Waals surface area (Å²) in [6.07, 6.45) is 2.41. The highest BCUT2D eigenvalue weighted by molar-refractivity contribution is 6.33. The Morgan fingerprint density at radius 1 is 0.966 bits per heavy atom. The van der Waals surface area contributed by atoms with Gasteiger partial charge in [0.1, 0.15) is 5.82 Å². The number of nitrogens with zero attached hydrogens (tertiary/aromatic N) is 3. The van der Waals surface area contributed by atoms with Gasteiger partial charge in [0.2, 0.25) is 5.91 Å². The molecule has 0 unspecified atom stereocenters. The number of piperazine rings is 1. The van der Waals surface area contributed by atoms with E-state index in [2.05, 4.69) is 10.6 Å². The van der Waals surface area contributed by atoms with Gasteiger partial charge >= 0.3 is 0 Å². The molecule has 5 nitrogen and oxygen atoms in total. The van der Waals surface area contributed by atoms with Gasteiger partial charge in [-0.25, -0.2) is 4.39 Å². The molecular formula is C22H21ClFN3O2. The third-order valence-electron chi connectivity index (χ3n) is 5.33. The van der Waals surface area contributed by atoms with Crippen molar-refractivity contribution in [2.24, 2.45) is 0 Å². The van der Waals surface area contributed by atoms with Gasteiger partial charge < -0.3 is 14.4 Å². The fourth-order valence-corrected chi connectivity index (χ4v) is 3.95. The maximum absolute atomic E-state index is 13.2. The van der Waals surface area contributed by atoms with Crippen LogP contribution in [0.1, 0.15) is 16.8 Å². The van der Waals surface area contributed by atoms with Gasteiger partial charge in [0.15, 0.2) is 0 Å². The van der Waals surface area contributed by atoms with Gasteiger partial charge in [-0.3, -0.25) is 9.59 Å². The zero-order chi connectivity index (χ0) is 20.4. The molecule has 2 amide bonds. The Morgan fingerprint density at radius 3 is 2.45 bits per heavy atom. The Bertz CT molecular complexity index is 1060. The number of fused-ring (bicyclic) bond motifs is 1. The third kappa shape index (κ3) is 4.12. The molecular weight excluding hydrogens is 393 g/mol. The van der Waals surface area contributed by atoms with Crippen LogP contribution in [0.2, 0.25) is 5.02 Å². The summed E-state index contributed by atoms with van der Waals surface area (Å²) in [7, 11) is 0. The van der Waals surface area contributed by atoms with E-state index in [1.807, 2.05) is 30.5 Å². The molecule has 1 aliphatic rings. The van der Waals surface area contributed by atoms with Crippen LogP contribution in [0.4, 0.5) is 4.39 Å². The largest absolute Gasteiger partial charge is 0.347 e. The molecule has 1 aromatic heterocycles. The van der Waals surface area contributed by atoms with E-state index in [0.717, 1.165) is 17.0 Å². The standard InChI is InChI=1S/C22H21ClFN3O2/c23-19-15-17(24)5-6-18(19)22(29)27-13-11-26(12-14-27)21(28)8-10-25-9-7-16-3-1-2-4-20(16)25/h1-7,9,15H,8,10-14H2. The summed E-state index contributed by atoms with van der Waals surface area (Å²) in [5.41, 5.74) is 1.40. The summed E-state index contributed by atoms with van der Waals surface area (Å²) in [5.74, 6) is -0.631. The fourth-order valence-electron chi connectivity index (χ4n) is 3.70. The van der Waals surface area contributed by atoms with Crippen LogP contribution in [0.15, 0.2) is 54.7 Å². The summed E-state index contributed by atoms with van der Waals surface area (Å²) in [6.45, 7) is 2.46. The molecule has 3 aromatic rings. The summed E-state index contributed by atoms with van der Waals surface area (Å²) in [4.78, 5) is 28.7. The highest BCUT2D eigenvalue weighted by Crippen LogP contribution is 2.20. The number of para-hydroxylation sites is 1. The van der Waals surface area contributed by atoms with Crippen molar-refractivity contribution in [3.8, 4) is 0 Å². The Morgan fingerprint density at radius 2 is 1.69 bits per heavy atom. The minimum absolute atomic E-state index is 0.0784. The first-order chi connectivity index (χ1) is 14.0. The van der Waals surface area contributed by atoms with E-state index in [1.54, 1.807) is 9.80 Å². The highest BCUT2D eigenvalue weighted by atomic mass is 35.5. The molecule has 7 heteroatoms. The summed E-state index contributed by atoms with van der Waals surface area (Å²) >= 11 is 6.00. The molecule has 0 saturated carbocycles. The number of benzene rings is 2. The topological polar surface area (TPSA) is 45.6 Å². The van der Waals surface area contributed by atoms with Gasteiger partial charge in [0.25, 0.3) is 5.91 Å². The van der Waals surface area contributed by atoms with Gasteiger partial charge in [0, 0.05) is 50.9 Å². The number of carbonyl (C=O) groups is 2.